The van der Waals surface area contributed by atoms with E-state index in [1.807, 2.05) is 18.3 Å². The number of morpholine rings is 1. The van der Waals surface area contributed by atoms with E-state index in [0.29, 0.717) is 17.7 Å². The van der Waals surface area contributed by atoms with E-state index in [0.717, 1.165) is 23.9 Å². The van der Waals surface area contributed by atoms with Crippen molar-refractivity contribution in [3.8, 4) is 5.75 Å². The van der Waals surface area contributed by atoms with Gasteiger partial charge in [-0.2, -0.15) is 0 Å². The number of phenols is 1. The van der Waals surface area contributed by atoms with Crippen LogP contribution in [0.25, 0.3) is 10.9 Å². The van der Waals surface area contributed by atoms with Crippen LogP contribution >= 0.6 is 0 Å². The van der Waals surface area contributed by atoms with Gasteiger partial charge in [-0.1, -0.05) is 6.92 Å². The standard InChI is InChI=1S/C19H22N2O2/c1-2-19-11-21-8-6-12(19)9-17(21)18(23-19)14-5-7-20-16-4-3-13(22)10-15(14)16/h3-5,7,10,12,17-18,22H,2,6,8-9,11H2,1H3/t12-,17+,18?,19-/m0/s1. The van der Waals surface area contributed by atoms with Crippen molar-refractivity contribution in [3.05, 3.63) is 36.0 Å². The van der Waals surface area contributed by atoms with Gasteiger partial charge >= 0.3 is 0 Å². The minimum absolute atomic E-state index is 0.0179. The van der Waals surface area contributed by atoms with Crippen LogP contribution in [0.15, 0.2) is 30.5 Å². The first-order valence-corrected chi connectivity index (χ1v) is 8.70. The highest BCUT2D eigenvalue weighted by atomic mass is 16.5. The molecule has 1 aromatic carbocycles. The highest BCUT2D eigenvalue weighted by Gasteiger charge is 2.58. The van der Waals surface area contributed by atoms with Crippen molar-refractivity contribution < 1.29 is 9.84 Å². The van der Waals surface area contributed by atoms with Gasteiger partial charge in [0.25, 0.3) is 0 Å². The molecule has 4 nitrogen and oxygen atoms in total. The second-order valence-electron chi connectivity index (χ2n) is 7.32. The van der Waals surface area contributed by atoms with Crippen LogP contribution in [0.1, 0.15) is 37.9 Å². The minimum Gasteiger partial charge on any atom is -0.508 e. The molecule has 4 heteroatoms. The Kier molecular flexibility index (Phi) is 2.80. The summed E-state index contributed by atoms with van der Waals surface area (Å²) < 4.78 is 6.74. The van der Waals surface area contributed by atoms with Gasteiger partial charge in [0.2, 0.25) is 0 Å². The molecule has 0 amide bonds. The largest absolute Gasteiger partial charge is 0.508 e. The fourth-order valence-corrected chi connectivity index (χ4v) is 5.13. The third kappa shape index (κ3) is 1.82. The van der Waals surface area contributed by atoms with Gasteiger partial charge in [0.1, 0.15) is 5.75 Å². The Balaban J connectivity index is 1.64. The van der Waals surface area contributed by atoms with Gasteiger partial charge in [-0.05, 0) is 61.6 Å². The lowest BCUT2D eigenvalue weighted by molar-refractivity contribution is -0.274. The first kappa shape index (κ1) is 13.8. The molecule has 4 bridgehead atoms. The molecule has 2 unspecified atom stereocenters. The maximum atomic E-state index is 9.91. The molecule has 0 radical (unpaired) electrons. The number of benzene rings is 1. The fraction of sp³-hybridized carbons (Fsp3) is 0.526. The van der Waals surface area contributed by atoms with E-state index in [4.69, 9.17) is 4.74 Å². The summed E-state index contributed by atoms with van der Waals surface area (Å²) >= 11 is 0. The molecule has 0 saturated carbocycles. The lowest BCUT2D eigenvalue weighted by Gasteiger charge is -2.64. The van der Waals surface area contributed by atoms with Crippen LogP contribution in [0, 0.1) is 5.92 Å². The van der Waals surface area contributed by atoms with Gasteiger partial charge in [-0.25, -0.2) is 0 Å². The molecule has 7 rings (SSSR count). The van der Waals surface area contributed by atoms with E-state index in [1.165, 1.54) is 24.9 Å². The Morgan fingerprint density at radius 3 is 3.09 bits per heavy atom. The molecule has 5 aliphatic rings. The van der Waals surface area contributed by atoms with Crippen molar-refractivity contribution in [3.63, 3.8) is 0 Å². The Hall–Kier alpha value is -1.65. The normalized spacial score (nSPS) is 38.3. The molecule has 5 atom stereocenters. The average Bonchev–Trinajstić information content (AvgIpc) is 2.61. The van der Waals surface area contributed by atoms with E-state index < -0.39 is 0 Å². The fourth-order valence-electron chi connectivity index (χ4n) is 5.13. The number of hydrogen-bond acceptors (Lipinski definition) is 4. The lowest BCUT2D eigenvalue weighted by Crippen LogP contribution is -2.70. The van der Waals surface area contributed by atoms with Gasteiger partial charge < -0.3 is 9.84 Å². The number of hydrogen-bond donors (Lipinski definition) is 1. The third-order valence-corrected chi connectivity index (χ3v) is 6.35. The van der Waals surface area contributed by atoms with E-state index in [-0.39, 0.29) is 11.7 Å². The van der Waals surface area contributed by atoms with E-state index >= 15 is 0 Å². The number of phenolic OH excluding ortho intramolecular Hbond substituents is 1. The summed E-state index contributed by atoms with van der Waals surface area (Å²) in [6.07, 6.45) is 5.54. The van der Waals surface area contributed by atoms with Gasteiger partial charge in [0.15, 0.2) is 0 Å². The van der Waals surface area contributed by atoms with E-state index in [1.54, 1.807) is 6.07 Å². The Morgan fingerprint density at radius 2 is 2.30 bits per heavy atom. The van der Waals surface area contributed by atoms with Crippen LogP contribution < -0.4 is 0 Å². The third-order valence-electron chi connectivity index (χ3n) is 6.35. The van der Waals surface area contributed by atoms with Crippen LogP contribution in [-0.2, 0) is 4.74 Å². The smallest absolute Gasteiger partial charge is 0.116 e. The monoisotopic (exact) mass is 310 g/mol. The van der Waals surface area contributed by atoms with Crippen molar-refractivity contribution in [1.82, 2.24) is 9.88 Å². The SMILES string of the molecule is CC[C@]12CN3CC[C@H]1C[C@@H]3C(c1ccnc3ccc(O)cc13)O2. The first-order chi connectivity index (χ1) is 11.2. The van der Waals surface area contributed by atoms with E-state index in [9.17, 15) is 5.11 Å². The van der Waals surface area contributed by atoms with Crippen molar-refractivity contribution in [1.29, 1.82) is 0 Å². The number of piperidine rings is 3. The first-order valence-electron chi connectivity index (χ1n) is 8.70. The molecular formula is C19H22N2O2. The molecule has 120 valence electrons. The lowest BCUT2D eigenvalue weighted by atomic mass is 9.66. The second-order valence-corrected chi connectivity index (χ2v) is 7.32. The molecule has 23 heavy (non-hydrogen) atoms. The predicted molar refractivity (Wildman–Crippen MR) is 88.3 cm³/mol. The number of aromatic hydroxyl groups is 1. The number of rotatable bonds is 2. The second kappa shape index (κ2) is 4.68. The number of pyridine rings is 1. The summed E-state index contributed by atoms with van der Waals surface area (Å²) in [5, 5.41) is 10.9. The minimum atomic E-state index is 0.0179. The zero-order valence-electron chi connectivity index (χ0n) is 13.4. The molecule has 0 spiro atoms. The highest BCUT2D eigenvalue weighted by molar-refractivity contribution is 5.83. The Bertz CT molecular complexity index is 777. The van der Waals surface area contributed by atoms with Gasteiger partial charge in [-0.3, -0.25) is 9.88 Å². The molecule has 1 aromatic heterocycles. The van der Waals surface area contributed by atoms with E-state index in [2.05, 4.69) is 22.9 Å². The van der Waals surface area contributed by atoms with Crippen LogP contribution in [-0.4, -0.2) is 39.7 Å². The van der Waals surface area contributed by atoms with Crippen molar-refractivity contribution in [2.24, 2.45) is 5.92 Å². The number of fused-ring (bicyclic) bond motifs is 3. The molecular weight excluding hydrogens is 288 g/mol. The molecule has 0 aliphatic carbocycles. The summed E-state index contributed by atoms with van der Waals surface area (Å²) in [5.74, 6) is 1.00. The quantitative estimate of drug-likeness (QED) is 0.925. The van der Waals surface area contributed by atoms with Gasteiger partial charge in [-0.15, -0.1) is 0 Å². The molecule has 5 aliphatic heterocycles. The van der Waals surface area contributed by atoms with Crippen LogP contribution in [0.5, 0.6) is 5.75 Å². The Morgan fingerprint density at radius 1 is 1.39 bits per heavy atom. The zero-order valence-corrected chi connectivity index (χ0v) is 13.4. The van der Waals surface area contributed by atoms with Crippen molar-refractivity contribution in [2.75, 3.05) is 13.1 Å². The Labute approximate surface area is 136 Å². The summed E-state index contributed by atoms with van der Waals surface area (Å²) in [7, 11) is 0. The van der Waals surface area contributed by atoms with Crippen LogP contribution in [0.3, 0.4) is 0 Å². The number of ether oxygens (including phenoxy) is 1. The molecule has 1 N–H and O–H groups in total. The predicted octanol–water partition coefficient (Wildman–Crippen LogP) is 3.25. The van der Waals surface area contributed by atoms with Gasteiger partial charge in [0, 0.05) is 24.2 Å². The summed E-state index contributed by atoms with van der Waals surface area (Å²) in [5.41, 5.74) is 2.12. The van der Waals surface area contributed by atoms with Crippen LogP contribution in [0.4, 0.5) is 0 Å². The van der Waals surface area contributed by atoms with Gasteiger partial charge in [0.05, 0.1) is 17.2 Å². The summed E-state index contributed by atoms with van der Waals surface area (Å²) in [4.78, 5) is 7.08. The topological polar surface area (TPSA) is 45.6 Å². The number of aromatic nitrogens is 1. The summed E-state index contributed by atoms with van der Waals surface area (Å²) in [6, 6.07) is 7.96. The van der Waals surface area contributed by atoms with Crippen molar-refractivity contribution in [2.45, 2.75) is 43.9 Å². The summed E-state index contributed by atoms with van der Waals surface area (Å²) in [6.45, 7) is 4.55. The zero-order chi connectivity index (χ0) is 15.6. The molecule has 5 saturated heterocycles. The maximum Gasteiger partial charge on any atom is 0.116 e. The maximum absolute atomic E-state index is 9.91. The van der Waals surface area contributed by atoms with Crippen LogP contribution in [0.2, 0.25) is 0 Å². The highest BCUT2D eigenvalue weighted by Crippen LogP contribution is 2.54. The molecule has 6 heterocycles. The molecule has 5 fully saturated rings. The molecule has 2 aromatic rings. The van der Waals surface area contributed by atoms with Crippen molar-refractivity contribution >= 4 is 10.9 Å². The average molecular weight is 310 g/mol. The number of nitrogens with zero attached hydrogens (tertiary/aromatic N) is 2.